The van der Waals surface area contributed by atoms with Crippen molar-refractivity contribution in [1.82, 2.24) is 0 Å². The molecule has 2 nitrogen and oxygen atoms in total. The van der Waals surface area contributed by atoms with E-state index in [4.69, 9.17) is 4.18 Å². The summed E-state index contributed by atoms with van der Waals surface area (Å²) >= 11 is 0. The van der Waals surface area contributed by atoms with Crippen molar-refractivity contribution in [1.29, 1.82) is 0 Å². The van der Waals surface area contributed by atoms with Gasteiger partial charge in [-0.25, -0.2) is 0 Å². The summed E-state index contributed by atoms with van der Waals surface area (Å²) in [7, 11) is -2.26. The molecule has 0 amide bonds. The van der Waals surface area contributed by atoms with Crippen molar-refractivity contribution in [2.45, 2.75) is 119 Å². The van der Waals surface area contributed by atoms with Crippen molar-refractivity contribution in [3.8, 4) is 0 Å². The second-order valence-electron chi connectivity index (χ2n) is 10.4. The molecule has 3 heteroatoms. The molecule has 0 radical (unpaired) electrons. The largest absolute Gasteiger partial charge is 0.402 e. The van der Waals surface area contributed by atoms with E-state index in [0.717, 1.165) is 41.9 Å². The molecule has 206 valence electrons. The summed E-state index contributed by atoms with van der Waals surface area (Å²) in [5.74, 6) is -0.223. The Morgan fingerprint density at radius 3 is 1.45 bits per heavy atom. The first-order valence-electron chi connectivity index (χ1n) is 14.8. The normalized spacial score (nSPS) is 11.9. The van der Waals surface area contributed by atoms with Crippen molar-refractivity contribution in [2.75, 3.05) is 0 Å². The summed E-state index contributed by atoms with van der Waals surface area (Å²) in [4.78, 5) is 16.4. The van der Waals surface area contributed by atoms with Crippen molar-refractivity contribution in [3.05, 3.63) is 89.5 Å². The van der Waals surface area contributed by atoms with Gasteiger partial charge in [0, 0.05) is 21.6 Å². The van der Waals surface area contributed by atoms with Crippen LogP contribution in [0.3, 0.4) is 0 Å². The molecule has 0 saturated heterocycles. The number of carbonyl (C=O) groups excluding carboxylic acids is 1. The summed E-state index contributed by atoms with van der Waals surface area (Å²) in [6.07, 6.45) is 13.9. The lowest BCUT2D eigenvalue weighted by Crippen LogP contribution is -2.16. The summed E-state index contributed by atoms with van der Waals surface area (Å²) < 4.78 is 6.67. The Hall–Kier alpha value is -2.52. The van der Waals surface area contributed by atoms with Crippen LogP contribution in [0.25, 0.3) is 0 Å². The number of rotatable bonds is 16. The summed E-state index contributed by atoms with van der Waals surface area (Å²) in [6.45, 7) is 8.37. The Kier molecular flexibility index (Phi) is 12.5. The fraction of sp³-hybridized carbons (Fsp3) is 0.457. The molecule has 38 heavy (non-hydrogen) atoms. The zero-order valence-electron chi connectivity index (χ0n) is 24.1. The molecule has 0 saturated carbocycles. The molecule has 3 aromatic carbocycles. The van der Waals surface area contributed by atoms with Gasteiger partial charge in [-0.2, -0.15) is 0 Å². The van der Waals surface area contributed by atoms with E-state index in [1.54, 1.807) is 6.92 Å². The Bertz CT molecular complexity index is 1040. The first kappa shape index (κ1) is 30.0. The molecule has 0 aromatic heterocycles. The fourth-order valence-corrected chi connectivity index (χ4v) is 8.84. The lowest BCUT2D eigenvalue weighted by atomic mass is 9.95. The van der Waals surface area contributed by atoms with Crippen LogP contribution in [-0.4, -0.2) is 5.97 Å². The first-order chi connectivity index (χ1) is 18.6. The van der Waals surface area contributed by atoms with Crippen LogP contribution in [0.15, 0.2) is 87.5 Å². The van der Waals surface area contributed by atoms with E-state index in [2.05, 4.69) is 81.4 Å². The zero-order valence-corrected chi connectivity index (χ0v) is 25.0. The monoisotopic (exact) mass is 532 g/mol. The molecule has 0 atom stereocenters. The Morgan fingerprint density at radius 1 is 0.632 bits per heavy atom. The predicted octanol–water partition coefficient (Wildman–Crippen LogP) is 10.6. The molecule has 0 aliphatic carbocycles. The van der Waals surface area contributed by atoms with E-state index in [1.165, 1.54) is 66.5 Å². The van der Waals surface area contributed by atoms with Crippen LogP contribution in [0.4, 0.5) is 0 Å². The van der Waals surface area contributed by atoms with E-state index in [1.807, 2.05) is 12.1 Å². The van der Waals surface area contributed by atoms with Gasteiger partial charge in [-0.15, -0.1) is 0 Å². The van der Waals surface area contributed by atoms with Crippen LogP contribution in [0, 0.1) is 0 Å². The third kappa shape index (κ3) is 7.76. The number of benzene rings is 3. The van der Waals surface area contributed by atoms with Gasteiger partial charge < -0.3 is 4.18 Å². The minimum Gasteiger partial charge on any atom is -0.402 e. The molecule has 0 N–H and O–H groups in total. The maximum atomic E-state index is 13.0. The summed E-state index contributed by atoms with van der Waals surface area (Å²) in [5, 5.41) is 0. The molecule has 0 aliphatic heterocycles. The average molecular weight is 533 g/mol. The fourth-order valence-electron chi connectivity index (χ4n) is 5.33. The van der Waals surface area contributed by atoms with Gasteiger partial charge in [0.05, 0.1) is 0 Å². The van der Waals surface area contributed by atoms with Gasteiger partial charge in [-0.05, 0) is 89.8 Å². The molecule has 3 aromatic rings. The Morgan fingerprint density at radius 2 is 1.05 bits per heavy atom. The van der Waals surface area contributed by atoms with E-state index in [-0.39, 0.29) is 5.97 Å². The SMILES string of the molecule is CCCCCc1cc(CCCCC)c(S(OC(C)=O)(c2ccccc2)c2ccccc2)c(CCCCC)c1. The summed E-state index contributed by atoms with van der Waals surface area (Å²) in [5.41, 5.74) is 4.20. The van der Waals surface area contributed by atoms with Gasteiger partial charge >= 0.3 is 5.97 Å². The number of hydrogen-bond donors (Lipinski definition) is 0. The van der Waals surface area contributed by atoms with Crippen LogP contribution < -0.4 is 0 Å². The van der Waals surface area contributed by atoms with Gasteiger partial charge in [0.25, 0.3) is 0 Å². The van der Waals surface area contributed by atoms with Gasteiger partial charge in [0.1, 0.15) is 0 Å². The maximum Gasteiger partial charge on any atom is 0.313 e. The lowest BCUT2D eigenvalue weighted by molar-refractivity contribution is -0.131. The molecule has 0 heterocycles. The van der Waals surface area contributed by atoms with E-state index in [0.29, 0.717) is 0 Å². The van der Waals surface area contributed by atoms with Crippen LogP contribution in [-0.2, 0) is 28.2 Å². The highest BCUT2D eigenvalue weighted by molar-refractivity contribution is 8.30. The third-order valence-corrected chi connectivity index (χ3v) is 10.6. The summed E-state index contributed by atoms with van der Waals surface area (Å²) in [6, 6.07) is 26.0. The highest BCUT2D eigenvalue weighted by atomic mass is 32.3. The van der Waals surface area contributed by atoms with E-state index in [9.17, 15) is 4.79 Å². The third-order valence-electron chi connectivity index (χ3n) is 7.15. The molecule has 0 spiro atoms. The standard InChI is InChI=1S/C35H48O2S/c1-5-8-13-20-30-27-31(21-14-9-6-2)35(32(28-30)22-15-10-7-3)38(37-29(4)36,33-23-16-11-17-24-33)34-25-18-12-19-26-34/h11-12,16-19,23-28H,5-10,13-15,20-22H2,1-4H3. The maximum absolute atomic E-state index is 13.0. The van der Waals surface area contributed by atoms with Crippen molar-refractivity contribution in [3.63, 3.8) is 0 Å². The molecule has 0 bridgehead atoms. The number of aryl methyl sites for hydroxylation is 3. The van der Waals surface area contributed by atoms with Gasteiger partial charge in [0.2, 0.25) is 0 Å². The van der Waals surface area contributed by atoms with E-state index < -0.39 is 10.3 Å². The van der Waals surface area contributed by atoms with Gasteiger partial charge in [0.15, 0.2) is 0 Å². The molecular weight excluding hydrogens is 484 g/mol. The Balaban J connectivity index is 2.36. The predicted molar refractivity (Wildman–Crippen MR) is 163 cm³/mol. The highest BCUT2D eigenvalue weighted by Crippen LogP contribution is 2.71. The second kappa shape index (κ2) is 15.8. The van der Waals surface area contributed by atoms with E-state index >= 15 is 0 Å². The second-order valence-corrected chi connectivity index (χ2v) is 13.0. The van der Waals surface area contributed by atoms with Crippen LogP contribution >= 0.6 is 10.3 Å². The molecule has 3 rings (SSSR count). The minimum atomic E-state index is -2.26. The molecule has 0 aliphatic rings. The van der Waals surface area contributed by atoms with Gasteiger partial charge in [-0.3, -0.25) is 4.79 Å². The number of hydrogen-bond acceptors (Lipinski definition) is 2. The number of carbonyl (C=O) groups is 1. The van der Waals surface area contributed by atoms with Crippen LogP contribution in [0.1, 0.15) is 102 Å². The average Bonchev–Trinajstić information content (AvgIpc) is 2.93. The van der Waals surface area contributed by atoms with Crippen molar-refractivity contribution < 1.29 is 8.98 Å². The highest BCUT2D eigenvalue weighted by Gasteiger charge is 2.38. The van der Waals surface area contributed by atoms with Crippen molar-refractivity contribution in [2.24, 2.45) is 0 Å². The van der Waals surface area contributed by atoms with Crippen molar-refractivity contribution >= 4 is 16.3 Å². The molecule has 0 unspecified atom stereocenters. The minimum absolute atomic E-state index is 0.223. The Labute approximate surface area is 233 Å². The smallest absolute Gasteiger partial charge is 0.313 e. The zero-order chi connectivity index (χ0) is 27.2. The van der Waals surface area contributed by atoms with Gasteiger partial charge in [-0.1, -0.05) is 108 Å². The van der Waals surface area contributed by atoms with Crippen LogP contribution in [0.5, 0.6) is 0 Å². The lowest BCUT2D eigenvalue weighted by Gasteiger charge is -2.42. The quantitative estimate of drug-likeness (QED) is 0.171. The number of unbranched alkanes of at least 4 members (excludes halogenated alkanes) is 6. The topological polar surface area (TPSA) is 26.3 Å². The van der Waals surface area contributed by atoms with Crippen LogP contribution in [0.2, 0.25) is 0 Å². The molecule has 0 fully saturated rings. The molecular formula is C35H48O2S. The first-order valence-corrected chi connectivity index (χ1v) is 16.4.